The third-order valence-corrected chi connectivity index (χ3v) is 4.03. The maximum atomic E-state index is 13.9. The first-order chi connectivity index (χ1) is 9.79. The van der Waals surface area contributed by atoms with Crippen LogP contribution in [0, 0.1) is 5.95 Å². The molecule has 3 heterocycles. The molecule has 1 aromatic heterocycles. The molecule has 0 unspecified atom stereocenters. The molecule has 114 valence electrons. The lowest BCUT2D eigenvalue weighted by atomic mass is 9.92. The topological polar surface area (TPSA) is 62.7 Å². The first-order valence-corrected chi connectivity index (χ1v) is 7.13. The Labute approximate surface area is 122 Å². The van der Waals surface area contributed by atoms with Crippen LogP contribution in [0.15, 0.2) is 12.3 Å². The Kier molecular flexibility index (Phi) is 3.16. The number of aliphatic hydroxyl groups excluding tert-OH is 1. The SMILES string of the molecule is CC(C)(C)OC(=O)N1[C@@H]2CC[C@H]1[C@H](O)c1c2ccnc1F. The van der Waals surface area contributed by atoms with E-state index in [9.17, 15) is 14.3 Å². The molecule has 0 saturated carbocycles. The zero-order chi connectivity index (χ0) is 15.4. The maximum Gasteiger partial charge on any atom is 0.411 e. The van der Waals surface area contributed by atoms with Crippen LogP contribution in [0.25, 0.3) is 0 Å². The van der Waals surface area contributed by atoms with E-state index in [2.05, 4.69) is 4.98 Å². The van der Waals surface area contributed by atoms with E-state index in [1.807, 2.05) is 0 Å². The van der Waals surface area contributed by atoms with Crippen LogP contribution < -0.4 is 0 Å². The van der Waals surface area contributed by atoms with Crippen molar-refractivity contribution in [3.63, 3.8) is 0 Å². The number of rotatable bonds is 0. The average Bonchev–Trinajstić information content (AvgIpc) is 2.74. The fourth-order valence-corrected chi connectivity index (χ4v) is 3.27. The number of carbonyl (C=O) groups excluding carboxylic acids is 1. The third-order valence-electron chi connectivity index (χ3n) is 4.03. The van der Waals surface area contributed by atoms with E-state index in [1.54, 1.807) is 31.7 Å². The Morgan fingerprint density at radius 3 is 2.86 bits per heavy atom. The number of nitrogens with zero attached hydrogens (tertiary/aromatic N) is 2. The van der Waals surface area contributed by atoms with Gasteiger partial charge in [-0.25, -0.2) is 9.78 Å². The number of hydrogen-bond donors (Lipinski definition) is 1. The summed E-state index contributed by atoms with van der Waals surface area (Å²) in [7, 11) is 0. The van der Waals surface area contributed by atoms with Crippen molar-refractivity contribution in [3.8, 4) is 0 Å². The van der Waals surface area contributed by atoms with Gasteiger partial charge in [-0.3, -0.25) is 4.90 Å². The molecule has 1 saturated heterocycles. The van der Waals surface area contributed by atoms with Crippen molar-refractivity contribution in [1.29, 1.82) is 0 Å². The monoisotopic (exact) mass is 294 g/mol. The summed E-state index contributed by atoms with van der Waals surface area (Å²) in [6.07, 6.45) is 1.17. The summed E-state index contributed by atoms with van der Waals surface area (Å²) in [6.45, 7) is 5.39. The van der Waals surface area contributed by atoms with E-state index in [4.69, 9.17) is 4.74 Å². The first kappa shape index (κ1) is 14.3. The van der Waals surface area contributed by atoms with Crippen LogP contribution in [0.1, 0.15) is 56.9 Å². The molecule has 21 heavy (non-hydrogen) atoms. The van der Waals surface area contributed by atoms with E-state index in [-0.39, 0.29) is 11.6 Å². The van der Waals surface area contributed by atoms with Gasteiger partial charge in [0, 0.05) is 11.8 Å². The van der Waals surface area contributed by atoms with Crippen molar-refractivity contribution in [3.05, 3.63) is 29.3 Å². The highest BCUT2D eigenvalue weighted by molar-refractivity contribution is 5.71. The molecular formula is C15H19FN2O3. The number of aliphatic hydroxyl groups is 1. The van der Waals surface area contributed by atoms with Crippen LogP contribution in [0.3, 0.4) is 0 Å². The summed E-state index contributed by atoms with van der Waals surface area (Å²) in [5.41, 5.74) is 0.255. The second-order valence-electron chi connectivity index (χ2n) is 6.60. The van der Waals surface area contributed by atoms with E-state index < -0.39 is 29.8 Å². The van der Waals surface area contributed by atoms with Gasteiger partial charge in [0.25, 0.3) is 0 Å². The summed E-state index contributed by atoms with van der Waals surface area (Å²) in [5, 5.41) is 10.4. The van der Waals surface area contributed by atoms with Crippen molar-refractivity contribution in [2.75, 3.05) is 0 Å². The number of pyridine rings is 1. The Hall–Kier alpha value is -1.69. The van der Waals surface area contributed by atoms with Gasteiger partial charge in [-0.15, -0.1) is 0 Å². The Bertz CT molecular complexity index is 585. The molecule has 6 heteroatoms. The molecule has 0 spiro atoms. The molecule has 3 rings (SSSR count). The normalized spacial score (nSPS) is 27.5. The molecule has 3 atom stereocenters. The van der Waals surface area contributed by atoms with Crippen molar-refractivity contribution < 1.29 is 19.0 Å². The zero-order valence-electron chi connectivity index (χ0n) is 12.3. The predicted octanol–water partition coefficient (Wildman–Crippen LogP) is 2.71. The van der Waals surface area contributed by atoms with E-state index in [1.165, 1.54) is 6.20 Å². The number of halogens is 1. The van der Waals surface area contributed by atoms with Gasteiger partial charge in [0.05, 0.1) is 12.1 Å². The van der Waals surface area contributed by atoms with Gasteiger partial charge in [0.2, 0.25) is 5.95 Å². The standard InChI is InChI=1S/C15H19FN2O3/c1-15(2,3)21-14(20)18-9-4-5-10(18)12(19)11-8(9)6-7-17-13(11)16/h6-7,9-10,12,19H,4-5H2,1-3H3/t9-,10+,12+/m1/s1. The molecule has 1 amide bonds. The minimum atomic E-state index is -1.06. The molecule has 0 aliphatic carbocycles. The quantitative estimate of drug-likeness (QED) is 0.747. The second kappa shape index (κ2) is 4.66. The number of amides is 1. The average molecular weight is 294 g/mol. The highest BCUT2D eigenvalue weighted by atomic mass is 19.1. The molecule has 1 N–H and O–H groups in total. The van der Waals surface area contributed by atoms with E-state index in [0.29, 0.717) is 18.4 Å². The summed E-state index contributed by atoms with van der Waals surface area (Å²) in [5.74, 6) is -0.652. The predicted molar refractivity (Wildman–Crippen MR) is 73.0 cm³/mol. The summed E-state index contributed by atoms with van der Waals surface area (Å²) < 4.78 is 19.3. The van der Waals surface area contributed by atoms with Gasteiger partial charge >= 0.3 is 6.09 Å². The van der Waals surface area contributed by atoms with Crippen LogP contribution in [-0.2, 0) is 4.74 Å². The van der Waals surface area contributed by atoms with Gasteiger partial charge in [0.15, 0.2) is 0 Å². The molecule has 1 fully saturated rings. The van der Waals surface area contributed by atoms with Crippen LogP contribution in [0.2, 0.25) is 0 Å². The lowest BCUT2D eigenvalue weighted by Crippen LogP contribution is -2.46. The number of hydrogen-bond acceptors (Lipinski definition) is 4. The third kappa shape index (κ3) is 2.27. The minimum Gasteiger partial charge on any atom is -0.444 e. The molecular weight excluding hydrogens is 275 g/mol. The van der Waals surface area contributed by atoms with Gasteiger partial charge < -0.3 is 9.84 Å². The molecule has 1 aromatic rings. The second-order valence-corrected chi connectivity index (χ2v) is 6.60. The minimum absolute atomic E-state index is 0.227. The molecule has 2 aliphatic rings. The Balaban J connectivity index is 1.99. The first-order valence-electron chi connectivity index (χ1n) is 7.13. The number of carbonyl (C=O) groups is 1. The number of fused-ring (bicyclic) bond motifs is 4. The summed E-state index contributed by atoms with van der Waals surface area (Å²) in [6, 6.07) is 0.974. The number of ether oxygens (including phenoxy) is 1. The Morgan fingerprint density at radius 1 is 1.48 bits per heavy atom. The van der Waals surface area contributed by atoms with Crippen molar-refractivity contribution in [1.82, 2.24) is 9.88 Å². The summed E-state index contributed by atoms with van der Waals surface area (Å²) >= 11 is 0. The van der Waals surface area contributed by atoms with Gasteiger partial charge in [0.1, 0.15) is 11.7 Å². The smallest absolute Gasteiger partial charge is 0.411 e. The molecule has 2 bridgehead atoms. The van der Waals surface area contributed by atoms with Crippen LogP contribution in [0.4, 0.5) is 9.18 Å². The van der Waals surface area contributed by atoms with E-state index >= 15 is 0 Å². The van der Waals surface area contributed by atoms with Crippen LogP contribution in [-0.4, -0.2) is 32.7 Å². The van der Waals surface area contributed by atoms with Crippen molar-refractivity contribution >= 4 is 6.09 Å². The molecule has 5 nitrogen and oxygen atoms in total. The van der Waals surface area contributed by atoms with Gasteiger partial charge in [-0.05, 0) is 45.2 Å². The molecule has 2 aliphatic heterocycles. The highest BCUT2D eigenvalue weighted by Crippen LogP contribution is 2.49. The van der Waals surface area contributed by atoms with Gasteiger partial charge in [-0.2, -0.15) is 4.39 Å². The lowest BCUT2D eigenvalue weighted by molar-refractivity contribution is -0.0125. The fourth-order valence-electron chi connectivity index (χ4n) is 3.27. The lowest BCUT2D eigenvalue weighted by Gasteiger charge is -2.39. The molecule has 0 aromatic carbocycles. The van der Waals surface area contributed by atoms with Crippen molar-refractivity contribution in [2.24, 2.45) is 0 Å². The van der Waals surface area contributed by atoms with Gasteiger partial charge in [-0.1, -0.05) is 0 Å². The van der Waals surface area contributed by atoms with Crippen LogP contribution >= 0.6 is 0 Å². The number of aromatic nitrogens is 1. The maximum absolute atomic E-state index is 13.9. The van der Waals surface area contributed by atoms with Crippen molar-refractivity contribution in [2.45, 2.75) is 57.4 Å². The molecule has 0 radical (unpaired) electrons. The van der Waals surface area contributed by atoms with Crippen LogP contribution in [0.5, 0.6) is 0 Å². The zero-order valence-corrected chi connectivity index (χ0v) is 12.3. The highest BCUT2D eigenvalue weighted by Gasteiger charge is 2.49. The largest absolute Gasteiger partial charge is 0.444 e. The Morgan fingerprint density at radius 2 is 2.19 bits per heavy atom. The van der Waals surface area contributed by atoms with E-state index in [0.717, 1.165) is 0 Å². The fraction of sp³-hybridized carbons (Fsp3) is 0.600. The summed E-state index contributed by atoms with van der Waals surface area (Å²) in [4.78, 5) is 17.6.